The molecule has 2 aromatic carbocycles. The standard InChI is InChI=1S/C23H25FN4OS2/c1-15(2)21-25-20-8-3-16(13-19(20)22(29)26-21)14-31-23(30)28-11-9-27(10-12-28)18-6-4-17(24)5-7-18/h3-8,13,15H,9-12,14H2,1-2H3,(H,25,26,29). The first kappa shape index (κ1) is 21.8. The van der Waals surface area contributed by atoms with Crippen LogP contribution in [0.1, 0.15) is 31.2 Å². The number of rotatable bonds is 4. The van der Waals surface area contributed by atoms with Crippen molar-refractivity contribution < 1.29 is 4.39 Å². The first-order valence-electron chi connectivity index (χ1n) is 10.4. The number of hydrogen-bond donors (Lipinski definition) is 1. The highest BCUT2D eigenvalue weighted by Gasteiger charge is 2.19. The van der Waals surface area contributed by atoms with Crippen molar-refractivity contribution in [1.82, 2.24) is 14.9 Å². The minimum atomic E-state index is -0.216. The van der Waals surface area contributed by atoms with Crippen molar-refractivity contribution >= 4 is 44.9 Å². The van der Waals surface area contributed by atoms with Gasteiger partial charge in [-0.1, -0.05) is 43.9 Å². The van der Waals surface area contributed by atoms with Crippen LogP contribution in [0.4, 0.5) is 10.1 Å². The molecule has 1 saturated heterocycles. The first-order chi connectivity index (χ1) is 14.9. The lowest BCUT2D eigenvalue weighted by atomic mass is 10.1. The fourth-order valence-corrected chi connectivity index (χ4v) is 4.80. The van der Waals surface area contributed by atoms with Gasteiger partial charge in [0.1, 0.15) is 16.0 Å². The maximum Gasteiger partial charge on any atom is 0.258 e. The topological polar surface area (TPSA) is 52.2 Å². The predicted octanol–water partition coefficient (Wildman–Crippen LogP) is 4.53. The molecule has 1 aliphatic rings. The molecule has 1 fully saturated rings. The van der Waals surface area contributed by atoms with Crippen LogP contribution in [0.25, 0.3) is 10.9 Å². The molecule has 3 aromatic rings. The third-order valence-corrected chi connectivity index (χ3v) is 7.02. The van der Waals surface area contributed by atoms with E-state index in [4.69, 9.17) is 12.2 Å². The molecular formula is C23H25FN4OS2. The van der Waals surface area contributed by atoms with Crippen LogP contribution in [-0.4, -0.2) is 45.4 Å². The number of halogens is 1. The highest BCUT2D eigenvalue weighted by atomic mass is 32.2. The van der Waals surface area contributed by atoms with E-state index in [-0.39, 0.29) is 17.3 Å². The normalized spacial score (nSPS) is 14.5. The van der Waals surface area contributed by atoms with Crippen molar-refractivity contribution in [1.29, 1.82) is 0 Å². The van der Waals surface area contributed by atoms with Crippen molar-refractivity contribution in [3.63, 3.8) is 0 Å². The first-order valence-corrected chi connectivity index (χ1v) is 11.7. The van der Waals surface area contributed by atoms with Gasteiger partial charge in [0, 0.05) is 43.5 Å². The summed E-state index contributed by atoms with van der Waals surface area (Å²) < 4.78 is 14.0. The van der Waals surface area contributed by atoms with Crippen LogP contribution in [0.15, 0.2) is 47.3 Å². The Morgan fingerprint density at radius 2 is 1.87 bits per heavy atom. The number of anilines is 1. The van der Waals surface area contributed by atoms with Crippen LogP contribution in [0.5, 0.6) is 0 Å². The fraction of sp³-hybridized carbons (Fsp3) is 0.348. The summed E-state index contributed by atoms with van der Waals surface area (Å²) in [6.07, 6.45) is 0. The Morgan fingerprint density at radius 3 is 2.55 bits per heavy atom. The largest absolute Gasteiger partial charge is 0.368 e. The molecule has 0 aliphatic carbocycles. The molecule has 8 heteroatoms. The molecule has 2 heterocycles. The van der Waals surface area contributed by atoms with Crippen molar-refractivity contribution in [3.05, 3.63) is 70.0 Å². The SMILES string of the molecule is CC(C)c1nc2ccc(CSC(=S)N3CCN(c4ccc(F)cc4)CC3)cc2c(=O)[nH]1. The number of nitrogens with zero attached hydrogens (tertiary/aromatic N) is 3. The summed E-state index contributed by atoms with van der Waals surface area (Å²) in [4.78, 5) is 24.3. The number of nitrogens with one attached hydrogen (secondary N) is 1. The molecule has 0 radical (unpaired) electrons. The third kappa shape index (κ3) is 5.07. The number of H-pyrrole nitrogens is 1. The lowest BCUT2D eigenvalue weighted by Crippen LogP contribution is -2.47. The maximum atomic E-state index is 13.1. The predicted molar refractivity (Wildman–Crippen MR) is 131 cm³/mol. The number of aromatic nitrogens is 2. The lowest BCUT2D eigenvalue weighted by Gasteiger charge is -2.37. The van der Waals surface area contributed by atoms with Crippen molar-refractivity contribution in [2.45, 2.75) is 25.5 Å². The number of thiocarbonyl (C=S) groups is 1. The Morgan fingerprint density at radius 1 is 1.16 bits per heavy atom. The smallest absolute Gasteiger partial charge is 0.258 e. The van der Waals surface area contributed by atoms with Gasteiger partial charge in [0.25, 0.3) is 5.56 Å². The van der Waals surface area contributed by atoms with Gasteiger partial charge in [-0.2, -0.15) is 0 Å². The van der Waals surface area contributed by atoms with Crippen LogP contribution in [0, 0.1) is 5.82 Å². The molecule has 0 amide bonds. The molecule has 4 rings (SSSR count). The molecule has 0 bridgehead atoms. The van der Waals surface area contributed by atoms with Crippen LogP contribution in [-0.2, 0) is 5.75 Å². The molecule has 0 unspecified atom stereocenters. The fourth-order valence-electron chi connectivity index (χ4n) is 3.60. The van der Waals surface area contributed by atoms with Gasteiger partial charge in [0.05, 0.1) is 10.9 Å². The number of thioether (sulfide) groups is 1. The van der Waals surface area contributed by atoms with Gasteiger partial charge < -0.3 is 14.8 Å². The zero-order chi connectivity index (χ0) is 22.0. The van der Waals surface area contributed by atoms with E-state index in [0.717, 1.165) is 47.3 Å². The van der Waals surface area contributed by atoms with E-state index in [1.807, 2.05) is 44.2 Å². The van der Waals surface area contributed by atoms with E-state index < -0.39 is 0 Å². The minimum Gasteiger partial charge on any atom is -0.368 e. The van der Waals surface area contributed by atoms with Crippen LogP contribution < -0.4 is 10.5 Å². The van der Waals surface area contributed by atoms with E-state index in [9.17, 15) is 9.18 Å². The highest BCUT2D eigenvalue weighted by molar-refractivity contribution is 8.22. The van der Waals surface area contributed by atoms with E-state index in [0.29, 0.717) is 17.0 Å². The Labute approximate surface area is 190 Å². The molecule has 0 spiro atoms. The molecule has 1 N–H and O–H groups in total. The van der Waals surface area contributed by atoms with Gasteiger partial charge in [0.15, 0.2) is 0 Å². The van der Waals surface area contributed by atoms with Gasteiger partial charge in [-0.3, -0.25) is 4.79 Å². The quantitative estimate of drug-likeness (QED) is 0.583. The second-order valence-electron chi connectivity index (χ2n) is 7.96. The maximum absolute atomic E-state index is 13.1. The summed E-state index contributed by atoms with van der Waals surface area (Å²) in [7, 11) is 0. The van der Waals surface area contributed by atoms with Crippen molar-refractivity contribution in [3.8, 4) is 0 Å². The second kappa shape index (κ2) is 9.36. The van der Waals surface area contributed by atoms with Crippen LogP contribution >= 0.6 is 24.0 Å². The van der Waals surface area contributed by atoms with Crippen LogP contribution in [0.3, 0.4) is 0 Å². The van der Waals surface area contributed by atoms with Gasteiger partial charge in [0.2, 0.25) is 0 Å². The summed E-state index contributed by atoms with van der Waals surface area (Å²) in [6, 6.07) is 12.5. The molecule has 1 aromatic heterocycles. The number of piperazine rings is 1. The van der Waals surface area contributed by atoms with Gasteiger partial charge in [-0.05, 0) is 42.0 Å². The average Bonchev–Trinajstić information content (AvgIpc) is 2.78. The molecule has 31 heavy (non-hydrogen) atoms. The van der Waals surface area contributed by atoms with Gasteiger partial charge in [-0.25, -0.2) is 9.37 Å². The zero-order valence-electron chi connectivity index (χ0n) is 17.6. The Balaban J connectivity index is 1.35. The lowest BCUT2D eigenvalue weighted by molar-refractivity contribution is 0.397. The minimum absolute atomic E-state index is 0.0972. The Hall–Kier alpha value is -2.45. The van der Waals surface area contributed by atoms with Crippen molar-refractivity contribution in [2.75, 3.05) is 31.1 Å². The summed E-state index contributed by atoms with van der Waals surface area (Å²) in [5.41, 5.74) is 2.71. The summed E-state index contributed by atoms with van der Waals surface area (Å²) >= 11 is 7.27. The Bertz CT molecular complexity index is 1140. The summed E-state index contributed by atoms with van der Waals surface area (Å²) in [6.45, 7) is 7.39. The van der Waals surface area contributed by atoms with Gasteiger partial charge >= 0.3 is 0 Å². The number of fused-ring (bicyclic) bond motifs is 1. The summed E-state index contributed by atoms with van der Waals surface area (Å²) in [5, 5.41) is 0.612. The molecule has 5 nitrogen and oxygen atoms in total. The monoisotopic (exact) mass is 456 g/mol. The number of hydrogen-bond acceptors (Lipinski definition) is 5. The molecular weight excluding hydrogens is 431 g/mol. The molecule has 0 saturated carbocycles. The zero-order valence-corrected chi connectivity index (χ0v) is 19.2. The number of benzene rings is 2. The van der Waals surface area contributed by atoms with E-state index in [2.05, 4.69) is 19.8 Å². The van der Waals surface area contributed by atoms with Gasteiger partial charge in [-0.15, -0.1) is 0 Å². The van der Waals surface area contributed by atoms with E-state index in [1.54, 1.807) is 11.8 Å². The highest BCUT2D eigenvalue weighted by Crippen LogP contribution is 2.22. The molecule has 162 valence electrons. The second-order valence-corrected chi connectivity index (χ2v) is 9.57. The Kier molecular flexibility index (Phi) is 6.57. The van der Waals surface area contributed by atoms with E-state index >= 15 is 0 Å². The number of aromatic amines is 1. The summed E-state index contributed by atoms with van der Waals surface area (Å²) in [5.74, 6) is 1.37. The molecule has 1 aliphatic heterocycles. The molecule has 0 atom stereocenters. The van der Waals surface area contributed by atoms with Crippen molar-refractivity contribution in [2.24, 2.45) is 0 Å². The van der Waals surface area contributed by atoms with E-state index in [1.165, 1.54) is 12.1 Å². The average molecular weight is 457 g/mol. The third-order valence-electron chi connectivity index (χ3n) is 5.43. The van der Waals surface area contributed by atoms with Crippen LogP contribution in [0.2, 0.25) is 0 Å².